The lowest BCUT2D eigenvalue weighted by Crippen LogP contribution is -2.60. The Balaban J connectivity index is 1.24. The van der Waals surface area contributed by atoms with Gasteiger partial charge in [-0.05, 0) is 55.0 Å². The summed E-state index contributed by atoms with van der Waals surface area (Å²) < 4.78 is 42.1. The topological polar surface area (TPSA) is 174 Å². The van der Waals surface area contributed by atoms with Gasteiger partial charge in [0.2, 0.25) is 17.7 Å². The van der Waals surface area contributed by atoms with Crippen LogP contribution >= 0.6 is 18.9 Å². The molecule has 3 aromatic heterocycles. The number of carbonyl (C=O) groups is 4. The number of pyridine rings is 1. The molecule has 0 spiro atoms. The van der Waals surface area contributed by atoms with Crippen molar-refractivity contribution in [3.05, 3.63) is 65.4 Å². The zero-order valence-electron chi connectivity index (χ0n) is 24.3. The van der Waals surface area contributed by atoms with Crippen LogP contribution in [0.4, 0.5) is 14.5 Å². The van der Waals surface area contributed by atoms with E-state index in [1.54, 1.807) is 35.1 Å². The number of nitrogens with zero attached hydrogens (tertiary/aromatic N) is 4. The molecular weight excluding hydrogens is 645 g/mol. The number of hydrogen-bond donors (Lipinski definition) is 4. The Labute approximate surface area is 264 Å². The van der Waals surface area contributed by atoms with Gasteiger partial charge in [-0.2, -0.15) is 8.78 Å². The van der Waals surface area contributed by atoms with E-state index in [9.17, 15) is 32.5 Å². The molecule has 0 saturated carbocycles. The number of fused-ring (bicyclic) bond motifs is 3. The minimum atomic E-state index is -5.80. The highest BCUT2D eigenvalue weighted by Gasteiger charge is 2.50. The fraction of sp³-hybridized carbons (Fsp3) is 0.345. The molecule has 6 rings (SSSR count). The summed E-state index contributed by atoms with van der Waals surface area (Å²) in [6, 6.07) is 5.38. The number of alkyl halides is 2. The number of aromatic nitrogens is 2. The smallest absolute Gasteiger partial charge is 0.340 e. The summed E-state index contributed by atoms with van der Waals surface area (Å²) in [7, 11) is -5.80. The molecule has 2 aliphatic rings. The zero-order chi connectivity index (χ0) is 33.0. The van der Waals surface area contributed by atoms with Crippen LogP contribution < -0.4 is 10.6 Å². The van der Waals surface area contributed by atoms with Crippen molar-refractivity contribution in [1.29, 1.82) is 0 Å². The van der Waals surface area contributed by atoms with Crippen LogP contribution in [0.2, 0.25) is 0 Å². The Morgan fingerprint density at radius 1 is 1.11 bits per heavy atom. The second-order valence-electron chi connectivity index (χ2n) is 11.3. The van der Waals surface area contributed by atoms with Crippen molar-refractivity contribution in [2.45, 2.75) is 50.0 Å². The maximum absolute atomic E-state index is 14.3. The van der Waals surface area contributed by atoms with Gasteiger partial charge in [0.25, 0.3) is 5.91 Å². The standard InChI is InChI=1S/C29H29F2N6O7PS/c1-16(38)35-10-8-20-4-5-22(26(39)33-19-3-7-25-32-9-11-36(25)14-19)37(20)28(41)21(15-35)34-27(40)24-13-17-12-18(2-6-23(17)46-24)29(30,31)45(42,43)44/h2-3,6-7,9,11-14,20-22H,4-5,8,10,15H2,1H3,(H,33,39)(H,34,40)(H2,42,43,44)/t20-,21+,22+/m1/s1. The number of carbonyl (C=O) groups excluding carboxylic acids is 4. The van der Waals surface area contributed by atoms with Crippen molar-refractivity contribution >= 4 is 64.0 Å². The van der Waals surface area contributed by atoms with Gasteiger partial charge in [0, 0.05) is 54.9 Å². The van der Waals surface area contributed by atoms with Crippen molar-refractivity contribution in [1.82, 2.24) is 24.5 Å². The van der Waals surface area contributed by atoms with Crippen molar-refractivity contribution in [3.63, 3.8) is 0 Å². The monoisotopic (exact) mass is 674 g/mol. The lowest BCUT2D eigenvalue weighted by molar-refractivity contribution is -0.143. The number of halogens is 2. The zero-order valence-corrected chi connectivity index (χ0v) is 26.0. The van der Waals surface area contributed by atoms with E-state index in [1.165, 1.54) is 28.9 Å². The summed E-state index contributed by atoms with van der Waals surface area (Å²) in [5.74, 6) is -1.92. The molecule has 0 radical (unpaired) electrons. The van der Waals surface area contributed by atoms with Crippen molar-refractivity contribution in [3.8, 4) is 0 Å². The Hall–Kier alpha value is -4.24. The van der Waals surface area contributed by atoms with Crippen LogP contribution in [0.1, 0.15) is 41.4 Å². The molecule has 2 aliphatic heterocycles. The molecule has 2 saturated heterocycles. The van der Waals surface area contributed by atoms with Gasteiger partial charge in [0.1, 0.15) is 17.7 Å². The first kappa shape index (κ1) is 31.7. The Morgan fingerprint density at radius 3 is 2.63 bits per heavy atom. The summed E-state index contributed by atoms with van der Waals surface area (Å²) >= 11 is 0.939. The predicted octanol–water partition coefficient (Wildman–Crippen LogP) is 3.12. The maximum atomic E-state index is 14.3. The van der Waals surface area contributed by atoms with Crippen LogP contribution in [-0.4, -0.2) is 83.8 Å². The fourth-order valence-corrected chi connectivity index (χ4v) is 7.41. The first-order valence-electron chi connectivity index (χ1n) is 14.3. The molecule has 4 amide bonds. The van der Waals surface area contributed by atoms with Gasteiger partial charge in [-0.25, -0.2) is 4.98 Å². The number of amides is 4. The molecule has 0 unspecified atom stereocenters. The molecule has 0 aliphatic carbocycles. The lowest BCUT2D eigenvalue weighted by Gasteiger charge is -2.38. The Kier molecular flexibility index (Phi) is 8.17. The van der Waals surface area contributed by atoms with Crippen LogP contribution in [0.25, 0.3) is 15.7 Å². The van der Waals surface area contributed by atoms with Crippen LogP contribution in [0, 0.1) is 0 Å². The maximum Gasteiger partial charge on any atom is 0.399 e. The van der Waals surface area contributed by atoms with Crippen LogP contribution in [0.3, 0.4) is 0 Å². The Bertz CT molecular complexity index is 1930. The number of rotatable bonds is 6. The van der Waals surface area contributed by atoms with Gasteiger partial charge in [-0.15, -0.1) is 11.3 Å². The second kappa shape index (κ2) is 11.8. The quantitative estimate of drug-likeness (QED) is 0.226. The third-order valence-electron chi connectivity index (χ3n) is 8.35. The number of imidazole rings is 1. The molecule has 2 fully saturated rings. The molecule has 46 heavy (non-hydrogen) atoms. The number of benzene rings is 1. The van der Waals surface area contributed by atoms with E-state index in [0.717, 1.165) is 23.5 Å². The number of anilines is 1. The first-order chi connectivity index (χ1) is 21.7. The molecule has 4 N–H and O–H groups in total. The Morgan fingerprint density at radius 2 is 1.89 bits per heavy atom. The molecule has 13 nitrogen and oxygen atoms in total. The molecule has 4 aromatic rings. The largest absolute Gasteiger partial charge is 0.399 e. The van der Waals surface area contributed by atoms with E-state index in [4.69, 9.17) is 9.79 Å². The normalized spacial score (nSPS) is 20.8. The molecule has 5 heterocycles. The molecule has 0 bridgehead atoms. The van der Waals surface area contributed by atoms with Crippen molar-refractivity contribution in [2.24, 2.45) is 0 Å². The van der Waals surface area contributed by atoms with E-state index in [2.05, 4.69) is 15.6 Å². The second-order valence-corrected chi connectivity index (χ2v) is 14.1. The third-order valence-corrected chi connectivity index (χ3v) is 10.5. The van der Waals surface area contributed by atoms with Gasteiger partial charge in [-0.3, -0.25) is 23.7 Å². The summed E-state index contributed by atoms with van der Waals surface area (Å²) in [4.78, 5) is 78.8. The van der Waals surface area contributed by atoms with Gasteiger partial charge >= 0.3 is 13.3 Å². The van der Waals surface area contributed by atoms with Gasteiger partial charge in [0.15, 0.2) is 0 Å². The fourth-order valence-electron chi connectivity index (χ4n) is 5.98. The summed E-state index contributed by atoms with van der Waals surface area (Å²) in [6.45, 7) is 1.53. The van der Waals surface area contributed by atoms with E-state index < -0.39 is 48.6 Å². The highest BCUT2D eigenvalue weighted by Crippen LogP contribution is 2.59. The lowest BCUT2D eigenvalue weighted by atomic mass is 10.1. The first-order valence-corrected chi connectivity index (χ1v) is 16.8. The SMILES string of the molecule is CC(=O)N1CC[C@H]2CC[C@@H](C(=O)Nc3ccc4nccn4c3)N2C(=O)[C@@H](NC(=O)c2cc3cc(C(F)(F)P(=O)(O)O)ccc3s2)C1. The van der Waals surface area contributed by atoms with Crippen LogP contribution in [0.5, 0.6) is 0 Å². The van der Waals surface area contributed by atoms with E-state index in [1.807, 2.05) is 0 Å². The minimum Gasteiger partial charge on any atom is -0.340 e. The van der Waals surface area contributed by atoms with Crippen molar-refractivity contribution < 1.29 is 42.3 Å². The average Bonchev–Trinajstić information content (AvgIpc) is 3.74. The molecular formula is C29H29F2N6O7PS. The van der Waals surface area contributed by atoms with E-state index in [0.29, 0.717) is 41.8 Å². The number of thiophene rings is 1. The molecule has 242 valence electrons. The van der Waals surface area contributed by atoms with Gasteiger partial charge in [0.05, 0.1) is 10.6 Å². The summed E-state index contributed by atoms with van der Waals surface area (Å²) in [6.07, 6.45) is 6.43. The van der Waals surface area contributed by atoms with Gasteiger partial charge < -0.3 is 34.6 Å². The number of hydrogen-bond acceptors (Lipinski definition) is 7. The summed E-state index contributed by atoms with van der Waals surface area (Å²) in [5.41, 5.74) is -4.12. The van der Waals surface area contributed by atoms with Gasteiger partial charge in [-0.1, -0.05) is 6.07 Å². The average molecular weight is 675 g/mol. The highest BCUT2D eigenvalue weighted by atomic mass is 32.1. The molecule has 17 heteroatoms. The molecule has 1 aromatic carbocycles. The van der Waals surface area contributed by atoms with Crippen LogP contribution in [0.15, 0.2) is 55.0 Å². The number of nitrogens with one attached hydrogen (secondary N) is 2. The van der Waals surface area contributed by atoms with Crippen molar-refractivity contribution in [2.75, 3.05) is 18.4 Å². The third kappa shape index (κ3) is 5.88. The summed E-state index contributed by atoms with van der Waals surface area (Å²) in [5, 5.41) is 5.70. The minimum absolute atomic E-state index is 0.0537. The van der Waals surface area contributed by atoms with E-state index in [-0.39, 0.29) is 28.8 Å². The van der Waals surface area contributed by atoms with E-state index >= 15 is 0 Å². The van der Waals surface area contributed by atoms with Crippen LogP contribution in [-0.2, 0) is 24.6 Å². The highest BCUT2D eigenvalue weighted by molar-refractivity contribution is 7.52. The molecule has 3 atom stereocenters. The predicted molar refractivity (Wildman–Crippen MR) is 163 cm³/mol.